The molecule has 0 amide bonds. The highest BCUT2D eigenvalue weighted by Crippen LogP contribution is 2.14. The number of nitrogens with zero attached hydrogens (tertiary/aromatic N) is 2. The summed E-state index contributed by atoms with van der Waals surface area (Å²) in [7, 11) is -3.52. The van der Waals surface area contributed by atoms with E-state index < -0.39 is 10.0 Å². The van der Waals surface area contributed by atoms with Crippen LogP contribution in [0.1, 0.15) is 17.0 Å². The van der Waals surface area contributed by atoms with Crippen molar-refractivity contribution in [3.8, 4) is 0 Å². The molecule has 1 aromatic carbocycles. The third-order valence-corrected chi connectivity index (χ3v) is 4.24. The maximum atomic E-state index is 12.1. The predicted octanol–water partition coefficient (Wildman–Crippen LogP) is 1.57. The maximum Gasteiger partial charge on any atom is 0.241 e. The highest BCUT2D eigenvalue weighted by molar-refractivity contribution is 7.89. The van der Waals surface area contributed by atoms with E-state index >= 15 is 0 Å². The predicted molar refractivity (Wildman–Crippen MR) is 72.0 cm³/mol. The van der Waals surface area contributed by atoms with E-state index in [1.54, 1.807) is 43.3 Å². The van der Waals surface area contributed by atoms with Crippen molar-refractivity contribution in [3.63, 3.8) is 0 Å². The highest BCUT2D eigenvalue weighted by atomic mass is 32.2. The Morgan fingerprint density at radius 3 is 2.42 bits per heavy atom. The topological polar surface area (TPSA) is 72.0 Å². The first-order chi connectivity index (χ1) is 8.99. The van der Waals surface area contributed by atoms with Crippen LogP contribution in [0.2, 0.25) is 0 Å². The van der Waals surface area contributed by atoms with Crippen molar-refractivity contribution < 1.29 is 8.42 Å². The van der Waals surface area contributed by atoms with Crippen LogP contribution < -0.4 is 4.72 Å². The molecule has 100 valence electrons. The van der Waals surface area contributed by atoms with Crippen molar-refractivity contribution in [2.24, 2.45) is 0 Å². The molecule has 0 unspecified atom stereocenters. The maximum absolute atomic E-state index is 12.1. The Morgan fingerprint density at radius 1 is 1.05 bits per heavy atom. The Labute approximate surface area is 112 Å². The zero-order valence-corrected chi connectivity index (χ0v) is 11.6. The Bertz CT molecular complexity index is 667. The van der Waals surface area contributed by atoms with E-state index in [1.165, 1.54) is 0 Å². The van der Waals surface area contributed by atoms with Crippen LogP contribution in [0.5, 0.6) is 0 Å². The van der Waals surface area contributed by atoms with Gasteiger partial charge in [0.25, 0.3) is 0 Å². The van der Waals surface area contributed by atoms with E-state index in [-0.39, 0.29) is 11.4 Å². The summed E-state index contributed by atoms with van der Waals surface area (Å²) in [5.74, 6) is 0. The molecular weight excluding hydrogens is 262 g/mol. The van der Waals surface area contributed by atoms with Gasteiger partial charge in [-0.15, -0.1) is 0 Å². The third kappa shape index (κ3) is 3.36. The SMILES string of the molecule is Cc1ccc(CNS(=O)(=O)c2ccccc2C)nn1. The summed E-state index contributed by atoms with van der Waals surface area (Å²) >= 11 is 0. The van der Waals surface area contributed by atoms with Gasteiger partial charge in [-0.25, -0.2) is 13.1 Å². The lowest BCUT2D eigenvalue weighted by molar-refractivity contribution is 0.579. The summed E-state index contributed by atoms with van der Waals surface area (Å²) in [6.45, 7) is 3.72. The lowest BCUT2D eigenvalue weighted by Crippen LogP contribution is -2.24. The second-order valence-electron chi connectivity index (χ2n) is 4.26. The van der Waals surface area contributed by atoms with E-state index in [4.69, 9.17) is 0 Å². The van der Waals surface area contributed by atoms with Crippen LogP contribution >= 0.6 is 0 Å². The lowest BCUT2D eigenvalue weighted by atomic mass is 10.2. The van der Waals surface area contributed by atoms with Gasteiger partial charge in [-0.3, -0.25) is 0 Å². The zero-order chi connectivity index (χ0) is 13.9. The van der Waals surface area contributed by atoms with Gasteiger partial charge in [0.05, 0.1) is 22.8 Å². The van der Waals surface area contributed by atoms with Crippen LogP contribution in [0.3, 0.4) is 0 Å². The fourth-order valence-electron chi connectivity index (χ4n) is 1.63. The Kier molecular flexibility index (Phi) is 3.92. The first-order valence-electron chi connectivity index (χ1n) is 5.83. The molecule has 0 saturated carbocycles. The van der Waals surface area contributed by atoms with Crippen molar-refractivity contribution >= 4 is 10.0 Å². The van der Waals surface area contributed by atoms with Crippen LogP contribution in [-0.4, -0.2) is 18.6 Å². The minimum absolute atomic E-state index is 0.129. The number of aromatic nitrogens is 2. The molecule has 1 aromatic heterocycles. The molecule has 0 aliphatic heterocycles. The minimum Gasteiger partial charge on any atom is -0.207 e. The van der Waals surface area contributed by atoms with Gasteiger partial charge >= 0.3 is 0 Å². The van der Waals surface area contributed by atoms with Crippen LogP contribution in [-0.2, 0) is 16.6 Å². The molecule has 0 aliphatic carbocycles. The van der Waals surface area contributed by atoms with Gasteiger partial charge < -0.3 is 0 Å². The fraction of sp³-hybridized carbons (Fsp3) is 0.231. The molecule has 0 spiro atoms. The number of rotatable bonds is 4. The molecule has 0 fully saturated rings. The van der Waals surface area contributed by atoms with Gasteiger partial charge in [-0.05, 0) is 37.6 Å². The molecule has 19 heavy (non-hydrogen) atoms. The summed E-state index contributed by atoms with van der Waals surface area (Å²) in [5, 5.41) is 7.81. The first-order valence-corrected chi connectivity index (χ1v) is 7.32. The van der Waals surface area contributed by atoms with Gasteiger partial charge in [0.15, 0.2) is 0 Å². The molecule has 0 atom stereocenters. The smallest absolute Gasteiger partial charge is 0.207 e. The van der Waals surface area contributed by atoms with Crippen LogP contribution in [0.4, 0.5) is 0 Å². The number of nitrogens with one attached hydrogen (secondary N) is 1. The van der Waals surface area contributed by atoms with Crippen molar-refractivity contribution in [3.05, 3.63) is 53.3 Å². The number of aryl methyl sites for hydroxylation is 2. The number of hydrogen-bond donors (Lipinski definition) is 1. The highest BCUT2D eigenvalue weighted by Gasteiger charge is 2.15. The molecule has 0 saturated heterocycles. The summed E-state index contributed by atoms with van der Waals surface area (Å²) in [4.78, 5) is 0.287. The average molecular weight is 277 g/mol. The monoisotopic (exact) mass is 277 g/mol. The Balaban J connectivity index is 2.14. The molecule has 6 heteroatoms. The van der Waals surface area contributed by atoms with Gasteiger partial charge in [-0.1, -0.05) is 18.2 Å². The standard InChI is InChI=1S/C13H15N3O2S/c1-10-5-3-4-6-13(10)19(17,18)14-9-12-8-7-11(2)15-16-12/h3-8,14H,9H2,1-2H3. The van der Waals surface area contributed by atoms with Crippen molar-refractivity contribution in [1.82, 2.24) is 14.9 Å². The van der Waals surface area contributed by atoms with Crippen molar-refractivity contribution in [2.45, 2.75) is 25.3 Å². The number of benzene rings is 1. The Morgan fingerprint density at radius 2 is 1.79 bits per heavy atom. The second-order valence-corrected chi connectivity index (χ2v) is 5.99. The summed E-state index contributed by atoms with van der Waals surface area (Å²) in [6, 6.07) is 10.4. The van der Waals surface area contributed by atoms with E-state index in [0.29, 0.717) is 11.3 Å². The minimum atomic E-state index is -3.52. The quantitative estimate of drug-likeness (QED) is 0.920. The van der Waals surface area contributed by atoms with Crippen molar-refractivity contribution in [1.29, 1.82) is 0 Å². The van der Waals surface area contributed by atoms with E-state index in [9.17, 15) is 8.42 Å². The van der Waals surface area contributed by atoms with Crippen LogP contribution in [0.25, 0.3) is 0 Å². The normalized spacial score (nSPS) is 11.5. The largest absolute Gasteiger partial charge is 0.241 e. The van der Waals surface area contributed by atoms with Crippen LogP contribution in [0, 0.1) is 13.8 Å². The van der Waals surface area contributed by atoms with E-state index in [0.717, 1.165) is 5.69 Å². The van der Waals surface area contributed by atoms with Crippen molar-refractivity contribution in [2.75, 3.05) is 0 Å². The molecule has 0 bridgehead atoms. The average Bonchev–Trinajstić information content (AvgIpc) is 2.38. The van der Waals surface area contributed by atoms with Crippen LogP contribution in [0.15, 0.2) is 41.3 Å². The number of sulfonamides is 1. The zero-order valence-electron chi connectivity index (χ0n) is 10.8. The van der Waals surface area contributed by atoms with E-state index in [1.807, 2.05) is 6.92 Å². The molecule has 5 nitrogen and oxygen atoms in total. The summed E-state index contributed by atoms with van der Waals surface area (Å²) in [5.41, 5.74) is 2.10. The fourth-order valence-corrected chi connectivity index (χ4v) is 2.87. The first kappa shape index (κ1) is 13.6. The van der Waals surface area contributed by atoms with Gasteiger partial charge in [0, 0.05) is 0 Å². The molecular formula is C13H15N3O2S. The molecule has 2 aromatic rings. The Hall–Kier alpha value is -1.79. The van der Waals surface area contributed by atoms with Gasteiger partial charge in [0.2, 0.25) is 10.0 Å². The van der Waals surface area contributed by atoms with Gasteiger partial charge in [-0.2, -0.15) is 10.2 Å². The molecule has 1 N–H and O–H groups in total. The molecule has 0 radical (unpaired) electrons. The summed E-state index contributed by atoms with van der Waals surface area (Å²) in [6.07, 6.45) is 0. The molecule has 0 aliphatic rings. The molecule has 1 heterocycles. The molecule has 2 rings (SSSR count). The second kappa shape index (κ2) is 5.46. The van der Waals surface area contributed by atoms with E-state index in [2.05, 4.69) is 14.9 Å². The third-order valence-electron chi connectivity index (χ3n) is 2.68. The summed E-state index contributed by atoms with van der Waals surface area (Å²) < 4.78 is 26.8. The van der Waals surface area contributed by atoms with Gasteiger partial charge in [0.1, 0.15) is 0 Å². The lowest BCUT2D eigenvalue weighted by Gasteiger charge is -2.08. The number of hydrogen-bond acceptors (Lipinski definition) is 4.